The van der Waals surface area contributed by atoms with E-state index in [9.17, 15) is 9.59 Å². The minimum absolute atomic E-state index is 0.256. The van der Waals surface area contributed by atoms with Crippen LogP contribution in [0, 0.1) is 0 Å². The standard InChI is InChI=1S/C7H9NO4S/c1-12-3-5-4-13-7(11)8(5)2-6(9)10/h4H,2-3H2,1H3,(H,9,10). The molecule has 5 nitrogen and oxygen atoms in total. The molecule has 6 heteroatoms. The van der Waals surface area contributed by atoms with Gasteiger partial charge in [0.15, 0.2) is 0 Å². The lowest BCUT2D eigenvalue weighted by Crippen LogP contribution is -2.21. The van der Waals surface area contributed by atoms with Crippen LogP contribution in [0.1, 0.15) is 5.69 Å². The summed E-state index contributed by atoms with van der Waals surface area (Å²) in [4.78, 5) is 21.2. The van der Waals surface area contributed by atoms with Gasteiger partial charge >= 0.3 is 10.8 Å². The van der Waals surface area contributed by atoms with Crippen molar-refractivity contribution in [2.45, 2.75) is 13.2 Å². The summed E-state index contributed by atoms with van der Waals surface area (Å²) in [6.45, 7) is -0.0486. The molecule has 0 unspecified atom stereocenters. The first kappa shape index (κ1) is 9.94. The molecule has 1 N–H and O–H groups in total. The Morgan fingerprint density at radius 1 is 1.77 bits per heavy atom. The number of thiazole rings is 1. The van der Waals surface area contributed by atoms with Gasteiger partial charge in [-0.3, -0.25) is 14.2 Å². The Balaban J connectivity index is 2.94. The summed E-state index contributed by atoms with van der Waals surface area (Å²) in [7, 11) is 1.49. The van der Waals surface area contributed by atoms with Crippen molar-refractivity contribution in [3.8, 4) is 0 Å². The summed E-state index contributed by atoms with van der Waals surface area (Å²) < 4.78 is 6.01. The van der Waals surface area contributed by atoms with Crippen molar-refractivity contribution in [2.75, 3.05) is 7.11 Å². The van der Waals surface area contributed by atoms with Gasteiger partial charge in [0.05, 0.1) is 12.3 Å². The van der Waals surface area contributed by atoms with Gasteiger partial charge in [-0.2, -0.15) is 0 Å². The fourth-order valence-electron chi connectivity index (χ4n) is 0.924. The maximum atomic E-state index is 11.1. The van der Waals surface area contributed by atoms with Gasteiger partial charge in [-0.05, 0) is 0 Å². The van der Waals surface area contributed by atoms with Gasteiger partial charge in [-0.15, -0.1) is 0 Å². The van der Waals surface area contributed by atoms with Crippen molar-refractivity contribution < 1.29 is 14.6 Å². The quantitative estimate of drug-likeness (QED) is 0.755. The number of methoxy groups -OCH3 is 1. The molecule has 0 radical (unpaired) electrons. The topological polar surface area (TPSA) is 68.5 Å². The Hall–Kier alpha value is -1.14. The number of carboxylic acid groups (broad SMARTS) is 1. The minimum Gasteiger partial charge on any atom is -0.480 e. The number of hydrogen-bond acceptors (Lipinski definition) is 4. The average molecular weight is 203 g/mol. The molecule has 1 heterocycles. The highest BCUT2D eigenvalue weighted by molar-refractivity contribution is 7.07. The van der Waals surface area contributed by atoms with Crippen molar-refractivity contribution >= 4 is 17.3 Å². The van der Waals surface area contributed by atoms with Crippen LogP contribution in [0.25, 0.3) is 0 Å². The van der Waals surface area contributed by atoms with E-state index in [2.05, 4.69) is 0 Å². The Labute approximate surface area is 78.2 Å². The van der Waals surface area contributed by atoms with E-state index in [1.165, 1.54) is 11.7 Å². The number of aliphatic carboxylic acids is 1. The SMILES string of the molecule is COCc1csc(=O)n1CC(=O)O. The first-order valence-corrected chi connectivity index (χ1v) is 4.41. The van der Waals surface area contributed by atoms with Gasteiger partial charge in [0, 0.05) is 12.5 Å². The summed E-state index contributed by atoms with van der Waals surface area (Å²) in [5.74, 6) is -1.03. The fraction of sp³-hybridized carbons (Fsp3) is 0.429. The maximum absolute atomic E-state index is 11.1. The summed E-state index contributed by atoms with van der Waals surface area (Å²) in [6, 6.07) is 0. The van der Waals surface area contributed by atoms with Gasteiger partial charge in [-0.25, -0.2) is 0 Å². The van der Waals surface area contributed by atoms with Crippen LogP contribution < -0.4 is 4.87 Å². The van der Waals surface area contributed by atoms with Gasteiger partial charge in [0.2, 0.25) is 0 Å². The Kier molecular flexibility index (Phi) is 3.21. The highest BCUT2D eigenvalue weighted by atomic mass is 32.1. The minimum atomic E-state index is -1.03. The van der Waals surface area contributed by atoms with E-state index < -0.39 is 5.97 Å². The first-order valence-electron chi connectivity index (χ1n) is 3.53. The Morgan fingerprint density at radius 2 is 2.46 bits per heavy atom. The highest BCUT2D eigenvalue weighted by Gasteiger charge is 2.08. The van der Waals surface area contributed by atoms with Gasteiger partial charge in [0.25, 0.3) is 0 Å². The van der Waals surface area contributed by atoms with E-state index >= 15 is 0 Å². The number of carboxylic acids is 1. The van der Waals surface area contributed by atoms with Gasteiger partial charge in [-0.1, -0.05) is 11.3 Å². The van der Waals surface area contributed by atoms with Crippen LogP contribution in [-0.2, 0) is 22.7 Å². The predicted molar refractivity (Wildman–Crippen MR) is 46.9 cm³/mol. The molecule has 0 bridgehead atoms. The molecule has 0 aliphatic carbocycles. The van der Waals surface area contributed by atoms with E-state index in [1.807, 2.05) is 0 Å². The smallest absolute Gasteiger partial charge is 0.323 e. The summed E-state index contributed by atoms with van der Waals surface area (Å²) in [5.41, 5.74) is 0.597. The number of aromatic nitrogens is 1. The third-order valence-corrected chi connectivity index (χ3v) is 2.26. The molecule has 0 saturated heterocycles. The molecule has 1 aromatic heterocycles. The maximum Gasteiger partial charge on any atom is 0.323 e. The van der Waals surface area contributed by atoms with Crippen molar-refractivity contribution in [1.29, 1.82) is 0 Å². The molecule has 72 valence electrons. The van der Waals surface area contributed by atoms with E-state index in [1.54, 1.807) is 5.38 Å². The number of carbonyl (C=O) groups is 1. The van der Waals surface area contributed by atoms with Crippen LogP contribution in [0.2, 0.25) is 0 Å². The van der Waals surface area contributed by atoms with Crippen molar-refractivity contribution in [3.63, 3.8) is 0 Å². The number of ether oxygens (including phenoxy) is 1. The number of nitrogens with zero attached hydrogens (tertiary/aromatic N) is 1. The molecule has 0 atom stereocenters. The lowest BCUT2D eigenvalue weighted by atomic mass is 10.5. The van der Waals surface area contributed by atoms with E-state index in [0.717, 1.165) is 11.3 Å². The molecule has 0 aliphatic heterocycles. The molecule has 1 aromatic rings. The van der Waals surface area contributed by atoms with Crippen LogP contribution in [0.15, 0.2) is 10.2 Å². The van der Waals surface area contributed by atoms with Crippen LogP contribution in [0.3, 0.4) is 0 Å². The molecular formula is C7H9NO4S. The molecular weight excluding hydrogens is 194 g/mol. The largest absolute Gasteiger partial charge is 0.480 e. The molecule has 1 rings (SSSR count). The summed E-state index contributed by atoms with van der Waals surface area (Å²) in [6.07, 6.45) is 0. The van der Waals surface area contributed by atoms with E-state index in [4.69, 9.17) is 9.84 Å². The van der Waals surface area contributed by atoms with E-state index in [-0.39, 0.29) is 18.0 Å². The lowest BCUT2D eigenvalue weighted by molar-refractivity contribution is -0.137. The number of rotatable bonds is 4. The van der Waals surface area contributed by atoms with Crippen molar-refractivity contribution in [2.24, 2.45) is 0 Å². The first-order chi connectivity index (χ1) is 6.15. The molecule has 0 aliphatic rings. The Bertz CT molecular complexity index is 354. The lowest BCUT2D eigenvalue weighted by Gasteiger charge is -2.02. The summed E-state index contributed by atoms with van der Waals surface area (Å²) in [5, 5.41) is 10.1. The third kappa shape index (κ3) is 2.40. The van der Waals surface area contributed by atoms with E-state index in [0.29, 0.717) is 5.69 Å². The molecule has 0 saturated carbocycles. The van der Waals surface area contributed by atoms with Gasteiger partial charge < -0.3 is 9.84 Å². The van der Waals surface area contributed by atoms with Crippen LogP contribution in [0.4, 0.5) is 0 Å². The predicted octanol–water partition coefficient (Wildman–Crippen LogP) is 0.141. The average Bonchev–Trinajstić information content (AvgIpc) is 2.36. The molecule has 0 spiro atoms. The zero-order chi connectivity index (χ0) is 9.84. The normalized spacial score (nSPS) is 10.2. The molecule has 0 fully saturated rings. The van der Waals surface area contributed by atoms with Crippen LogP contribution in [0.5, 0.6) is 0 Å². The number of hydrogen-bond donors (Lipinski definition) is 1. The second-order valence-electron chi connectivity index (χ2n) is 2.41. The second kappa shape index (κ2) is 4.20. The fourth-order valence-corrected chi connectivity index (χ4v) is 1.67. The molecule has 0 amide bonds. The van der Waals surface area contributed by atoms with Crippen LogP contribution >= 0.6 is 11.3 Å². The Morgan fingerprint density at radius 3 is 3.00 bits per heavy atom. The second-order valence-corrected chi connectivity index (χ2v) is 3.23. The van der Waals surface area contributed by atoms with Gasteiger partial charge in [0.1, 0.15) is 6.54 Å². The van der Waals surface area contributed by atoms with Crippen molar-refractivity contribution in [1.82, 2.24) is 4.57 Å². The monoisotopic (exact) mass is 203 g/mol. The zero-order valence-corrected chi connectivity index (χ0v) is 7.84. The molecule has 13 heavy (non-hydrogen) atoms. The van der Waals surface area contributed by atoms with Crippen LogP contribution in [-0.4, -0.2) is 22.8 Å². The third-order valence-electron chi connectivity index (χ3n) is 1.45. The van der Waals surface area contributed by atoms with Crippen molar-refractivity contribution in [3.05, 3.63) is 20.7 Å². The molecule has 0 aromatic carbocycles. The zero-order valence-electron chi connectivity index (χ0n) is 7.02. The summed E-state index contributed by atoms with van der Waals surface area (Å²) >= 11 is 0.977. The highest BCUT2D eigenvalue weighted by Crippen LogP contribution is 2.02.